The number of benzene rings is 2. The van der Waals surface area contributed by atoms with Gasteiger partial charge in [0.05, 0.1) is 29.9 Å². The van der Waals surface area contributed by atoms with E-state index < -0.39 is 10.8 Å². The number of anilines is 1. The highest BCUT2D eigenvalue weighted by molar-refractivity contribution is 7.80. The van der Waals surface area contributed by atoms with Crippen molar-refractivity contribution in [1.29, 1.82) is 0 Å². The minimum absolute atomic E-state index is 0.0923. The number of rotatable bonds is 5. The van der Waals surface area contributed by atoms with Gasteiger partial charge in [-0.2, -0.15) is 0 Å². The van der Waals surface area contributed by atoms with Crippen LogP contribution in [0.2, 0.25) is 5.02 Å². The number of amides is 1. The van der Waals surface area contributed by atoms with Crippen molar-refractivity contribution in [3.8, 4) is 11.5 Å². The van der Waals surface area contributed by atoms with E-state index >= 15 is 0 Å². The molecule has 0 heterocycles. The molecule has 0 aliphatic carbocycles. The quantitative estimate of drug-likeness (QED) is 0.454. The number of hydrogen-bond acceptors (Lipinski definition) is 6. The molecule has 2 aromatic carbocycles. The van der Waals surface area contributed by atoms with E-state index in [4.69, 9.17) is 33.3 Å². The van der Waals surface area contributed by atoms with Crippen LogP contribution in [0, 0.1) is 10.1 Å². The fourth-order valence-corrected chi connectivity index (χ4v) is 2.48. The number of nitro benzene ring substituents is 1. The molecule has 0 aromatic heterocycles. The van der Waals surface area contributed by atoms with Crippen molar-refractivity contribution in [3.63, 3.8) is 0 Å². The second kappa shape index (κ2) is 8.45. The molecule has 2 N–H and O–H groups in total. The van der Waals surface area contributed by atoms with Crippen LogP contribution in [-0.2, 0) is 0 Å². The lowest BCUT2D eigenvalue weighted by Gasteiger charge is -2.14. The van der Waals surface area contributed by atoms with Crippen LogP contribution in [0.5, 0.6) is 11.5 Å². The molecule has 0 radical (unpaired) electrons. The second-order valence-corrected chi connectivity index (χ2v) is 5.68. The van der Waals surface area contributed by atoms with Gasteiger partial charge in [0.1, 0.15) is 17.1 Å². The molecule has 8 nitrogen and oxygen atoms in total. The molecule has 0 saturated heterocycles. The molecule has 0 bridgehead atoms. The number of ether oxygens (including phenoxy) is 2. The summed E-state index contributed by atoms with van der Waals surface area (Å²) in [5, 5.41) is 16.1. The van der Waals surface area contributed by atoms with Crippen molar-refractivity contribution in [2.75, 3.05) is 19.5 Å². The molecule has 10 heteroatoms. The first-order chi connectivity index (χ1) is 12.4. The average Bonchev–Trinajstić information content (AvgIpc) is 2.62. The van der Waals surface area contributed by atoms with E-state index in [0.29, 0.717) is 11.5 Å². The topological polar surface area (TPSA) is 103 Å². The lowest BCUT2D eigenvalue weighted by molar-refractivity contribution is -0.384. The van der Waals surface area contributed by atoms with Crippen molar-refractivity contribution in [2.45, 2.75) is 0 Å². The van der Waals surface area contributed by atoms with Crippen molar-refractivity contribution in [3.05, 3.63) is 57.1 Å². The number of carbonyl (C=O) groups is 1. The summed E-state index contributed by atoms with van der Waals surface area (Å²) in [6, 6.07) is 8.71. The van der Waals surface area contributed by atoms with Crippen LogP contribution in [0.1, 0.15) is 10.4 Å². The van der Waals surface area contributed by atoms with E-state index in [1.54, 1.807) is 18.2 Å². The zero-order chi connectivity index (χ0) is 19.3. The maximum Gasteiger partial charge on any atom is 0.271 e. The van der Waals surface area contributed by atoms with Crippen LogP contribution < -0.4 is 20.1 Å². The summed E-state index contributed by atoms with van der Waals surface area (Å²) >= 11 is 11.1. The molecule has 0 aliphatic rings. The average molecular weight is 396 g/mol. The molecule has 0 spiro atoms. The van der Waals surface area contributed by atoms with E-state index in [-0.39, 0.29) is 27.1 Å². The van der Waals surface area contributed by atoms with E-state index in [2.05, 4.69) is 10.6 Å². The molecule has 1 amide bonds. The Morgan fingerprint density at radius 2 is 1.81 bits per heavy atom. The predicted molar refractivity (Wildman–Crippen MR) is 101 cm³/mol. The summed E-state index contributed by atoms with van der Waals surface area (Å²) in [5.41, 5.74) is 0.183. The molecule has 2 rings (SSSR count). The molecule has 136 valence electrons. The van der Waals surface area contributed by atoms with Gasteiger partial charge in [-0.05, 0) is 30.4 Å². The van der Waals surface area contributed by atoms with E-state index in [0.717, 1.165) is 0 Å². The molecule has 26 heavy (non-hydrogen) atoms. The fourth-order valence-electron chi connectivity index (χ4n) is 2.12. The Hall–Kier alpha value is -2.91. The Labute approximate surface area is 159 Å². The van der Waals surface area contributed by atoms with Gasteiger partial charge in [-0.3, -0.25) is 20.2 Å². The Balaban J connectivity index is 2.20. The Morgan fingerprint density at radius 3 is 2.35 bits per heavy atom. The van der Waals surface area contributed by atoms with Crippen LogP contribution in [0.15, 0.2) is 36.4 Å². The summed E-state index contributed by atoms with van der Waals surface area (Å²) in [4.78, 5) is 22.8. The Kier molecular flexibility index (Phi) is 6.31. The molecule has 0 saturated carbocycles. The first-order valence-electron chi connectivity index (χ1n) is 7.14. The number of non-ortho nitro benzene ring substituents is 1. The minimum atomic E-state index is -0.571. The number of thiocarbonyl (C=S) groups is 1. The zero-order valence-electron chi connectivity index (χ0n) is 13.7. The highest BCUT2D eigenvalue weighted by Crippen LogP contribution is 2.29. The monoisotopic (exact) mass is 395 g/mol. The van der Waals surface area contributed by atoms with Gasteiger partial charge in [0.15, 0.2) is 5.11 Å². The predicted octanol–water partition coefficient (Wildman–Crippen LogP) is 3.39. The lowest BCUT2D eigenvalue weighted by Crippen LogP contribution is -2.34. The van der Waals surface area contributed by atoms with Crippen LogP contribution in [0.3, 0.4) is 0 Å². The maximum absolute atomic E-state index is 12.5. The molecule has 0 aliphatic heterocycles. The largest absolute Gasteiger partial charge is 0.496 e. The fraction of sp³-hybridized carbons (Fsp3) is 0.125. The molecule has 2 aromatic rings. The molecule has 0 atom stereocenters. The third kappa shape index (κ3) is 4.38. The van der Waals surface area contributed by atoms with E-state index in [1.165, 1.54) is 32.4 Å². The Morgan fingerprint density at radius 1 is 1.19 bits per heavy atom. The maximum atomic E-state index is 12.5. The lowest BCUT2D eigenvalue weighted by atomic mass is 10.1. The molecule has 0 fully saturated rings. The van der Waals surface area contributed by atoms with Gasteiger partial charge in [0.2, 0.25) is 0 Å². The van der Waals surface area contributed by atoms with Crippen LogP contribution in [0.25, 0.3) is 0 Å². The van der Waals surface area contributed by atoms with Gasteiger partial charge >= 0.3 is 0 Å². The molecule has 0 unspecified atom stereocenters. The summed E-state index contributed by atoms with van der Waals surface area (Å²) in [6.07, 6.45) is 0. The summed E-state index contributed by atoms with van der Waals surface area (Å²) in [6.45, 7) is 0. The van der Waals surface area contributed by atoms with Crippen LogP contribution >= 0.6 is 23.8 Å². The van der Waals surface area contributed by atoms with Crippen molar-refractivity contribution >= 4 is 46.2 Å². The number of methoxy groups -OCH3 is 2. The second-order valence-electron chi connectivity index (χ2n) is 4.87. The molecular formula is C16H14ClN3O5S. The van der Waals surface area contributed by atoms with Crippen molar-refractivity contribution in [1.82, 2.24) is 5.32 Å². The van der Waals surface area contributed by atoms with Crippen LogP contribution in [-0.4, -0.2) is 30.2 Å². The van der Waals surface area contributed by atoms with Gasteiger partial charge in [0.25, 0.3) is 11.6 Å². The Bertz CT molecular complexity index is 853. The zero-order valence-corrected chi connectivity index (χ0v) is 15.3. The highest BCUT2D eigenvalue weighted by Gasteiger charge is 2.19. The summed E-state index contributed by atoms with van der Waals surface area (Å²) < 4.78 is 10.3. The van der Waals surface area contributed by atoms with Gasteiger partial charge < -0.3 is 14.8 Å². The first-order valence-corrected chi connectivity index (χ1v) is 7.93. The number of nitrogens with one attached hydrogen (secondary N) is 2. The minimum Gasteiger partial charge on any atom is -0.496 e. The number of halogens is 1. The van der Waals surface area contributed by atoms with E-state index in [1.807, 2.05) is 0 Å². The van der Waals surface area contributed by atoms with Crippen molar-refractivity contribution < 1.29 is 19.2 Å². The van der Waals surface area contributed by atoms with Crippen LogP contribution in [0.4, 0.5) is 11.4 Å². The SMILES string of the molecule is COc1cccc(OC)c1C(=O)NC(=S)Nc1cc([N+](=O)[O-])ccc1Cl. The smallest absolute Gasteiger partial charge is 0.271 e. The van der Waals surface area contributed by atoms with Gasteiger partial charge in [-0.25, -0.2) is 0 Å². The van der Waals surface area contributed by atoms with E-state index in [9.17, 15) is 14.9 Å². The van der Waals surface area contributed by atoms with Gasteiger partial charge in [0, 0.05) is 12.1 Å². The summed E-state index contributed by atoms with van der Waals surface area (Å²) in [7, 11) is 2.84. The third-order valence-electron chi connectivity index (χ3n) is 3.29. The van der Waals surface area contributed by atoms with Gasteiger partial charge in [-0.15, -0.1) is 0 Å². The number of hydrogen-bond donors (Lipinski definition) is 2. The van der Waals surface area contributed by atoms with Crippen molar-refractivity contribution in [2.24, 2.45) is 0 Å². The number of nitrogens with zero attached hydrogens (tertiary/aromatic N) is 1. The number of carbonyl (C=O) groups excluding carboxylic acids is 1. The first kappa shape index (κ1) is 19.4. The van der Waals surface area contributed by atoms with Gasteiger partial charge in [-0.1, -0.05) is 17.7 Å². The normalized spacial score (nSPS) is 9.96. The highest BCUT2D eigenvalue weighted by atomic mass is 35.5. The number of nitro groups is 1. The molecular weight excluding hydrogens is 382 g/mol. The summed E-state index contributed by atoms with van der Waals surface area (Å²) in [5.74, 6) is 0.0365. The standard InChI is InChI=1S/C16H14ClN3O5S/c1-24-12-4-3-5-13(25-2)14(12)15(21)19-16(26)18-11-8-9(20(22)23)6-7-10(11)17/h3-8H,1-2H3,(H2,18,19,21,26). The third-order valence-corrected chi connectivity index (χ3v) is 3.82.